The normalized spacial score (nSPS) is 11.3. The van der Waals surface area contributed by atoms with E-state index in [-0.39, 0.29) is 28.6 Å². The average Bonchev–Trinajstić information content (AvgIpc) is 2.88. The number of hydrogen-bond acceptors (Lipinski definition) is 6. The van der Waals surface area contributed by atoms with Crippen LogP contribution < -0.4 is 5.73 Å². The summed E-state index contributed by atoms with van der Waals surface area (Å²) in [6.45, 7) is 0.224. The molecule has 1 aromatic heterocycles. The molecule has 0 atom stereocenters. The summed E-state index contributed by atoms with van der Waals surface area (Å²) >= 11 is 0. The Morgan fingerprint density at radius 3 is 2.67 bits per heavy atom. The van der Waals surface area contributed by atoms with Gasteiger partial charge in [-0.05, 0) is 18.2 Å². The molecule has 0 fully saturated rings. The number of rotatable bonds is 4. The molecule has 1 aromatic carbocycles. The molecule has 0 saturated carbocycles. The minimum Gasteiger partial charge on any atom is -0.399 e. The second kappa shape index (κ2) is 5.52. The minimum absolute atomic E-state index is 0.0129. The van der Waals surface area contributed by atoms with Gasteiger partial charge in [0.1, 0.15) is 12.2 Å². The highest BCUT2D eigenvalue weighted by Crippen LogP contribution is 2.18. The lowest BCUT2D eigenvalue weighted by molar-refractivity contribution is 0.0781. The lowest BCUT2D eigenvalue weighted by atomic mass is 10.2. The number of aromatic amines is 1. The lowest BCUT2D eigenvalue weighted by Crippen LogP contribution is -2.27. The van der Waals surface area contributed by atoms with Crippen LogP contribution >= 0.6 is 0 Å². The highest BCUT2D eigenvalue weighted by atomic mass is 32.2. The number of amides is 1. The van der Waals surface area contributed by atoms with Gasteiger partial charge < -0.3 is 10.6 Å². The number of nitrogens with zero attached hydrogens (tertiary/aromatic N) is 3. The third kappa shape index (κ3) is 3.57. The predicted molar refractivity (Wildman–Crippen MR) is 76.1 cm³/mol. The van der Waals surface area contributed by atoms with Crippen LogP contribution in [-0.4, -0.2) is 47.7 Å². The molecule has 0 aliphatic carbocycles. The van der Waals surface area contributed by atoms with Gasteiger partial charge in [-0.2, -0.15) is 5.10 Å². The molecule has 112 valence electrons. The van der Waals surface area contributed by atoms with Crippen LogP contribution in [0.1, 0.15) is 16.2 Å². The smallest absolute Gasteiger partial charge is 0.254 e. The summed E-state index contributed by atoms with van der Waals surface area (Å²) in [6, 6.07) is 4.07. The molecule has 9 heteroatoms. The van der Waals surface area contributed by atoms with Crippen molar-refractivity contribution in [1.82, 2.24) is 20.1 Å². The zero-order valence-corrected chi connectivity index (χ0v) is 12.4. The van der Waals surface area contributed by atoms with Crippen LogP contribution in [0.2, 0.25) is 0 Å². The molecule has 0 aliphatic rings. The second-order valence-electron chi connectivity index (χ2n) is 4.66. The third-order valence-corrected chi connectivity index (χ3v) is 3.89. The molecular formula is C12H15N5O3S. The summed E-state index contributed by atoms with van der Waals surface area (Å²) in [5.41, 5.74) is 6.09. The van der Waals surface area contributed by atoms with Crippen molar-refractivity contribution in [2.75, 3.05) is 19.0 Å². The molecule has 1 heterocycles. The van der Waals surface area contributed by atoms with Gasteiger partial charge in [0.25, 0.3) is 5.91 Å². The SMILES string of the molecule is CN(Cc1ncn[nH]1)C(=O)c1cc(N)cc(S(C)(=O)=O)c1. The van der Waals surface area contributed by atoms with Crippen molar-refractivity contribution in [3.05, 3.63) is 35.9 Å². The summed E-state index contributed by atoms with van der Waals surface area (Å²) < 4.78 is 23.2. The number of sulfone groups is 1. The number of benzene rings is 1. The van der Waals surface area contributed by atoms with Crippen molar-refractivity contribution in [2.24, 2.45) is 0 Å². The zero-order chi connectivity index (χ0) is 15.6. The molecule has 0 bridgehead atoms. The van der Waals surface area contributed by atoms with E-state index in [4.69, 9.17) is 5.73 Å². The molecule has 0 radical (unpaired) electrons. The van der Waals surface area contributed by atoms with Gasteiger partial charge in [0.05, 0.1) is 11.4 Å². The first kappa shape index (κ1) is 15.0. The van der Waals surface area contributed by atoms with E-state index in [0.717, 1.165) is 6.26 Å². The van der Waals surface area contributed by atoms with Crippen LogP contribution in [0.3, 0.4) is 0 Å². The van der Waals surface area contributed by atoms with E-state index >= 15 is 0 Å². The fraction of sp³-hybridized carbons (Fsp3) is 0.250. The van der Waals surface area contributed by atoms with Gasteiger partial charge in [-0.3, -0.25) is 9.89 Å². The Hall–Kier alpha value is -2.42. The molecule has 2 rings (SSSR count). The van der Waals surface area contributed by atoms with Crippen molar-refractivity contribution < 1.29 is 13.2 Å². The van der Waals surface area contributed by atoms with Crippen LogP contribution in [0.5, 0.6) is 0 Å². The van der Waals surface area contributed by atoms with Crippen LogP contribution in [0.25, 0.3) is 0 Å². The number of hydrogen-bond donors (Lipinski definition) is 2. The Morgan fingerprint density at radius 1 is 1.38 bits per heavy atom. The zero-order valence-electron chi connectivity index (χ0n) is 11.6. The highest BCUT2D eigenvalue weighted by molar-refractivity contribution is 7.90. The van der Waals surface area contributed by atoms with Gasteiger partial charge in [-0.25, -0.2) is 13.4 Å². The molecule has 8 nitrogen and oxygen atoms in total. The molecule has 21 heavy (non-hydrogen) atoms. The Kier molecular flexibility index (Phi) is 3.94. The van der Waals surface area contributed by atoms with Crippen LogP contribution in [0.15, 0.2) is 29.4 Å². The van der Waals surface area contributed by atoms with Crippen molar-refractivity contribution >= 4 is 21.4 Å². The van der Waals surface area contributed by atoms with Crippen LogP contribution in [0.4, 0.5) is 5.69 Å². The average molecular weight is 309 g/mol. The van der Waals surface area contributed by atoms with E-state index in [1.165, 1.54) is 29.4 Å². The first-order chi connectivity index (χ1) is 9.77. The predicted octanol–water partition coefficient (Wildman–Crippen LogP) is 0.0626. The number of carbonyl (C=O) groups is 1. The summed E-state index contributed by atoms with van der Waals surface area (Å²) in [6.07, 6.45) is 2.41. The third-order valence-electron chi connectivity index (χ3n) is 2.80. The van der Waals surface area contributed by atoms with E-state index < -0.39 is 9.84 Å². The molecule has 0 aliphatic heterocycles. The number of aromatic nitrogens is 3. The first-order valence-corrected chi connectivity index (χ1v) is 7.87. The largest absolute Gasteiger partial charge is 0.399 e. The molecule has 0 unspecified atom stereocenters. The maximum Gasteiger partial charge on any atom is 0.254 e. The molecule has 0 spiro atoms. The summed E-state index contributed by atoms with van der Waals surface area (Å²) in [5.74, 6) is 0.168. The van der Waals surface area contributed by atoms with Gasteiger partial charge in [0.15, 0.2) is 9.84 Å². The molecular weight excluding hydrogens is 294 g/mol. The van der Waals surface area contributed by atoms with E-state index in [1.54, 1.807) is 7.05 Å². The maximum absolute atomic E-state index is 12.3. The van der Waals surface area contributed by atoms with Crippen molar-refractivity contribution in [1.29, 1.82) is 0 Å². The number of nitrogens with two attached hydrogens (primary N) is 1. The highest BCUT2D eigenvalue weighted by Gasteiger charge is 2.17. The Labute approximate surface area is 121 Å². The Bertz CT molecular complexity index is 755. The fourth-order valence-electron chi connectivity index (χ4n) is 1.78. The van der Waals surface area contributed by atoms with Gasteiger partial charge in [-0.1, -0.05) is 0 Å². The van der Waals surface area contributed by atoms with Gasteiger partial charge in [-0.15, -0.1) is 0 Å². The number of nitrogens with one attached hydrogen (secondary N) is 1. The molecule has 0 saturated heterocycles. The minimum atomic E-state index is -3.44. The molecule has 1 amide bonds. The topological polar surface area (TPSA) is 122 Å². The Morgan fingerprint density at radius 2 is 2.10 bits per heavy atom. The van der Waals surface area contributed by atoms with Gasteiger partial charge in [0, 0.05) is 24.6 Å². The van der Waals surface area contributed by atoms with E-state index in [2.05, 4.69) is 15.2 Å². The summed E-state index contributed by atoms with van der Waals surface area (Å²) in [4.78, 5) is 17.6. The van der Waals surface area contributed by atoms with E-state index in [0.29, 0.717) is 5.82 Å². The van der Waals surface area contributed by atoms with Crippen LogP contribution in [-0.2, 0) is 16.4 Å². The Balaban J connectivity index is 2.28. The van der Waals surface area contributed by atoms with E-state index in [9.17, 15) is 13.2 Å². The molecule has 3 N–H and O–H groups in total. The summed E-state index contributed by atoms with van der Waals surface area (Å²) in [7, 11) is -1.86. The van der Waals surface area contributed by atoms with Gasteiger partial charge in [0.2, 0.25) is 0 Å². The number of anilines is 1. The quantitative estimate of drug-likeness (QED) is 0.770. The van der Waals surface area contributed by atoms with Crippen molar-refractivity contribution in [3.63, 3.8) is 0 Å². The number of H-pyrrole nitrogens is 1. The maximum atomic E-state index is 12.3. The van der Waals surface area contributed by atoms with Crippen LogP contribution in [0, 0.1) is 0 Å². The standard InChI is InChI=1S/C12H15N5O3S/c1-17(6-11-14-7-15-16-11)12(18)8-3-9(13)5-10(4-8)21(2,19)20/h3-5,7H,6,13H2,1-2H3,(H,14,15,16). The van der Waals surface area contributed by atoms with Crippen molar-refractivity contribution in [2.45, 2.75) is 11.4 Å². The summed E-state index contributed by atoms with van der Waals surface area (Å²) in [5, 5.41) is 6.34. The monoisotopic (exact) mass is 309 g/mol. The first-order valence-electron chi connectivity index (χ1n) is 5.97. The number of carbonyl (C=O) groups excluding carboxylic acids is 1. The lowest BCUT2D eigenvalue weighted by Gasteiger charge is -2.16. The van der Waals surface area contributed by atoms with E-state index in [1.807, 2.05) is 0 Å². The molecule has 2 aromatic rings. The fourth-order valence-corrected chi connectivity index (χ4v) is 2.47. The van der Waals surface area contributed by atoms with Crippen molar-refractivity contribution in [3.8, 4) is 0 Å². The second-order valence-corrected chi connectivity index (χ2v) is 6.67. The number of nitrogen functional groups attached to an aromatic ring is 1. The van der Waals surface area contributed by atoms with Gasteiger partial charge >= 0.3 is 0 Å².